The van der Waals surface area contributed by atoms with E-state index in [1.165, 1.54) is 13.4 Å². The first-order valence-corrected chi connectivity index (χ1v) is 6.52. The molecule has 0 aliphatic carbocycles. The summed E-state index contributed by atoms with van der Waals surface area (Å²) in [4.78, 5) is 22.0. The Morgan fingerprint density at radius 3 is 3.11 bits per heavy atom. The minimum atomic E-state index is -0.149. The Morgan fingerprint density at radius 2 is 2.37 bits per heavy atom. The number of esters is 1. The molecule has 0 saturated carbocycles. The molecule has 6 nitrogen and oxygen atoms in total. The summed E-state index contributed by atoms with van der Waals surface area (Å²) < 4.78 is 10.2. The Morgan fingerprint density at radius 1 is 1.53 bits per heavy atom. The number of carbonyl (C=O) groups is 1. The van der Waals surface area contributed by atoms with Crippen LogP contribution in [0.15, 0.2) is 12.4 Å². The highest BCUT2D eigenvalue weighted by Gasteiger charge is 2.27. The van der Waals surface area contributed by atoms with Gasteiger partial charge in [-0.05, 0) is 19.8 Å². The molecule has 2 rings (SSSR count). The number of rotatable bonds is 4. The van der Waals surface area contributed by atoms with E-state index in [1.54, 1.807) is 0 Å². The van der Waals surface area contributed by atoms with Crippen LogP contribution in [0.25, 0.3) is 0 Å². The van der Waals surface area contributed by atoms with Crippen LogP contribution in [0.5, 0.6) is 5.88 Å². The van der Waals surface area contributed by atoms with Crippen molar-refractivity contribution in [2.24, 2.45) is 5.92 Å². The molecule has 1 aliphatic heterocycles. The maximum Gasteiger partial charge on any atom is 0.310 e. The fourth-order valence-corrected chi connectivity index (χ4v) is 2.27. The molecule has 0 unspecified atom stereocenters. The van der Waals surface area contributed by atoms with Gasteiger partial charge in [-0.2, -0.15) is 0 Å². The highest BCUT2D eigenvalue weighted by atomic mass is 16.5. The standard InChI is InChI=1S/C13H19N3O3/c1-3-19-12-7-11(14-9-15-12)16-6-4-5-10(8-16)13(17)18-2/h7,9-10H,3-6,8H2,1-2H3/t10-/m0/s1. The van der Waals surface area contributed by atoms with E-state index in [0.717, 1.165) is 25.2 Å². The molecule has 6 heteroatoms. The SMILES string of the molecule is CCOc1cc(N2CCC[C@H](C(=O)OC)C2)ncn1. The van der Waals surface area contributed by atoms with E-state index in [1.807, 2.05) is 13.0 Å². The number of methoxy groups -OCH3 is 1. The van der Waals surface area contributed by atoms with Crippen LogP contribution in [-0.2, 0) is 9.53 Å². The van der Waals surface area contributed by atoms with Gasteiger partial charge in [-0.3, -0.25) is 4.79 Å². The molecule has 0 bridgehead atoms. The number of hydrogen-bond acceptors (Lipinski definition) is 6. The van der Waals surface area contributed by atoms with Crippen LogP contribution in [0.3, 0.4) is 0 Å². The van der Waals surface area contributed by atoms with Crippen LogP contribution >= 0.6 is 0 Å². The first-order valence-electron chi connectivity index (χ1n) is 6.52. The number of hydrogen-bond donors (Lipinski definition) is 0. The van der Waals surface area contributed by atoms with Crippen molar-refractivity contribution in [1.29, 1.82) is 0 Å². The molecule has 1 aromatic rings. The Bertz CT molecular complexity index is 439. The molecule has 1 aliphatic rings. The van der Waals surface area contributed by atoms with Gasteiger partial charge >= 0.3 is 5.97 Å². The van der Waals surface area contributed by atoms with E-state index in [2.05, 4.69) is 14.9 Å². The van der Waals surface area contributed by atoms with Gasteiger partial charge in [0.05, 0.1) is 19.6 Å². The third kappa shape index (κ3) is 3.33. The van der Waals surface area contributed by atoms with Crippen molar-refractivity contribution in [3.8, 4) is 5.88 Å². The summed E-state index contributed by atoms with van der Waals surface area (Å²) in [5.74, 6) is 1.13. The van der Waals surface area contributed by atoms with Gasteiger partial charge in [0.1, 0.15) is 12.1 Å². The lowest BCUT2D eigenvalue weighted by Gasteiger charge is -2.32. The van der Waals surface area contributed by atoms with E-state index in [4.69, 9.17) is 9.47 Å². The topological polar surface area (TPSA) is 64.5 Å². The first kappa shape index (κ1) is 13.6. The van der Waals surface area contributed by atoms with Crippen molar-refractivity contribution in [2.45, 2.75) is 19.8 Å². The molecule has 1 aromatic heterocycles. The predicted molar refractivity (Wildman–Crippen MR) is 70.2 cm³/mol. The summed E-state index contributed by atoms with van der Waals surface area (Å²) >= 11 is 0. The van der Waals surface area contributed by atoms with Crippen LogP contribution in [0, 0.1) is 5.92 Å². The van der Waals surface area contributed by atoms with Gasteiger partial charge in [-0.1, -0.05) is 0 Å². The fraction of sp³-hybridized carbons (Fsp3) is 0.615. The van der Waals surface area contributed by atoms with Gasteiger partial charge in [-0.15, -0.1) is 0 Å². The molecule has 2 heterocycles. The smallest absolute Gasteiger partial charge is 0.310 e. The summed E-state index contributed by atoms with van der Waals surface area (Å²) in [5, 5.41) is 0. The molecular formula is C13H19N3O3. The molecule has 1 fully saturated rings. The summed E-state index contributed by atoms with van der Waals surface area (Å²) in [7, 11) is 1.43. The number of carbonyl (C=O) groups excluding carboxylic acids is 1. The van der Waals surface area contributed by atoms with Gasteiger partial charge < -0.3 is 14.4 Å². The van der Waals surface area contributed by atoms with E-state index >= 15 is 0 Å². The maximum atomic E-state index is 11.6. The van der Waals surface area contributed by atoms with E-state index in [0.29, 0.717) is 19.0 Å². The van der Waals surface area contributed by atoms with Crippen LogP contribution < -0.4 is 9.64 Å². The highest BCUT2D eigenvalue weighted by molar-refractivity contribution is 5.73. The third-order valence-electron chi connectivity index (χ3n) is 3.20. The van der Waals surface area contributed by atoms with Gasteiger partial charge in [0.15, 0.2) is 0 Å². The fourth-order valence-electron chi connectivity index (χ4n) is 2.27. The second-order valence-corrected chi connectivity index (χ2v) is 4.46. The molecule has 0 aromatic carbocycles. The minimum absolute atomic E-state index is 0.0794. The largest absolute Gasteiger partial charge is 0.478 e. The molecule has 1 saturated heterocycles. The summed E-state index contributed by atoms with van der Waals surface area (Å²) in [6.07, 6.45) is 3.31. The van der Waals surface area contributed by atoms with Crippen molar-refractivity contribution in [2.75, 3.05) is 31.7 Å². The highest BCUT2D eigenvalue weighted by Crippen LogP contribution is 2.23. The van der Waals surface area contributed by atoms with Crippen molar-refractivity contribution in [3.05, 3.63) is 12.4 Å². The molecule has 0 N–H and O–H groups in total. The van der Waals surface area contributed by atoms with Gasteiger partial charge in [0.25, 0.3) is 0 Å². The number of ether oxygens (including phenoxy) is 2. The summed E-state index contributed by atoms with van der Waals surface area (Å²) in [5.41, 5.74) is 0. The van der Waals surface area contributed by atoms with E-state index in [9.17, 15) is 4.79 Å². The van der Waals surface area contributed by atoms with Crippen LogP contribution in [0.2, 0.25) is 0 Å². The second-order valence-electron chi connectivity index (χ2n) is 4.46. The zero-order valence-corrected chi connectivity index (χ0v) is 11.3. The Kier molecular flexibility index (Phi) is 4.54. The normalized spacial score (nSPS) is 19.1. The number of nitrogens with zero attached hydrogens (tertiary/aromatic N) is 3. The lowest BCUT2D eigenvalue weighted by atomic mass is 9.98. The quantitative estimate of drug-likeness (QED) is 0.764. The number of anilines is 1. The van der Waals surface area contributed by atoms with Crippen molar-refractivity contribution in [1.82, 2.24) is 9.97 Å². The van der Waals surface area contributed by atoms with E-state index in [-0.39, 0.29) is 11.9 Å². The summed E-state index contributed by atoms with van der Waals surface area (Å²) in [6, 6.07) is 1.81. The van der Waals surface area contributed by atoms with Crippen LogP contribution in [0.1, 0.15) is 19.8 Å². The molecule has 19 heavy (non-hydrogen) atoms. The molecule has 104 valence electrons. The molecule has 0 spiro atoms. The first-order chi connectivity index (χ1) is 9.24. The van der Waals surface area contributed by atoms with Crippen molar-refractivity contribution >= 4 is 11.8 Å². The van der Waals surface area contributed by atoms with Gasteiger partial charge in [0, 0.05) is 19.2 Å². The zero-order chi connectivity index (χ0) is 13.7. The average Bonchev–Trinajstić information content (AvgIpc) is 2.47. The van der Waals surface area contributed by atoms with Crippen molar-refractivity contribution in [3.63, 3.8) is 0 Å². The third-order valence-corrected chi connectivity index (χ3v) is 3.20. The van der Waals surface area contributed by atoms with E-state index < -0.39 is 0 Å². The Hall–Kier alpha value is -1.85. The maximum absolute atomic E-state index is 11.6. The second kappa shape index (κ2) is 6.36. The van der Waals surface area contributed by atoms with Crippen molar-refractivity contribution < 1.29 is 14.3 Å². The monoisotopic (exact) mass is 265 g/mol. The molecule has 0 amide bonds. The minimum Gasteiger partial charge on any atom is -0.478 e. The average molecular weight is 265 g/mol. The Balaban J connectivity index is 2.08. The number of aromatic nitrogens is 2. The molecule has 1 atom stereocenters. The Labute approximate surface area is 112 Å². The summed E-state index contributed by atoms with van der Waals surface area (Å²) in [6.45, 7) is 4.00. The lowest BCUT2D eigenvalue weighted by Crippen LogP contribution is -2.39. The predicted octanol–water partition coefficient (Wildman–Crippen LogP) is 1.26. The molecule has 0 radical (unpaired) electrons. The van der Waals surface area contributed by atoms with Gasteiger partial charge in [0.2, 0.25) is 5.88 Å². The lowest BCUT2D eigenvalue weighted by molar-refractivity contribution is -0.145. The molecular weight excluding hydrogens is 246 g/mol. The van der Waals surface area contributed by atoms with Crippen LogP contribution in [0.4, 0.5) is 5.82 Å². The zero-order valence-electron chi connectivity index (χ0n) is 11.3. The van der Waals surface area contributed by atoms with Gasteiger partial charge in [-0.25, -0.2) is 9.97 Å². The number of piperidine rings is 1. The van der Waals surface area contributed by atoms with Crippen LogP contribution in [-0.4, -0.2) is 42.7 Å².